The molecule has 0 aromatic heterocycles. The van der Waals surface area contributed by atoms with Gasteiger partial charge < -0.3 is 10.2 Å². The largest absolute Gasteiger partial charge is 0.322 e. The number of amides is 2. The van der Waals surface area contributed by atoms with Crippen LogP contribution in [0.15, 0.2) is 24.3 Å². The molecule has 2 amide bonds. The number of nitrogens with one attached hydrogen (secondary N) is 1. The summed E-state index contributed by atoms with van der Waals surface area (Å²) in [5, 5.41) is 2.95. The second kappa shape index (κ2) is 6.06. The Morgan fingerprint density at radius 2 is 1.68 bits per heavy atom. The van der Waals surface area contributed by atoms with E-state index in [-0.39, 0.29) is 6.03 Å². The van der Waals surface area contributed by atoms with Crippen molar-refractivity contribution in [1.82, 2.24) is 9.80 Å². The molecular formula is C15H23N3O. The summed E-state index contributed by atoms with van der Waals surface area (Å²) in [6, 6.07) is 8.46. The first kappa shape index (κ1) is 13.9. The van der Waals surface area contributed by atoms with E-state index in [2.05, 4.69) is 24.1 Å². The summed E-state index contributed by atoms with van der Waals surface area (Å²) in [5.41, 5.74) is 2.06. The molecule has 0 unspecified atom stereocenters. The number of aryl methyl sites for hydroxylation is 1. The highest BCUT2D eigenvalue weighted by atomic mass is 16.2. The molecule has 1 aliphatic rings. The molecule has 1 fully saturated rings. The van der Waals surface area contributed by atoms with Crippen molar-refractivity contribution < 1.29 is 4.79 Å². The predicted octanol–water partition coefficient (Wildman–Crippen LogP) is 2.55. The van der Waals surface area contributed by atoms with Gasteiger partial charge in [-0.1, -0.05) is 17.7 Å². The summed E-state index contributed by atoms with van der Waals surface area (Å²) in [6.07, 6.45) is 0. The van der Waals surface area contributed by atoms with Gasteiger partial charge in [0, 0.05) is 37.9 Å². The lowest BCUT2D eigenvalue weighted by atomic mass is 10.2. The van der Waals surface area contributed by atoms with E-state index in [0.717, 1.165) is 31.9 Å². The summed E-state index contributed by atoms with van der Waals surface area (Å²) in [6.45, 7) is 9.95. The third-order valence-corrected chi connectivity index (χ3v) is 3.63. The minimum Gasteiger partial charge on any atom is -0.322 e. The summed E-state index contributed by atoms with van der Waals surface area (Å²) < 4.78 is 0. The van der Waals surface area contributed by atoms with Gasteiger partial charge in [-0.2, -0.15) is 0 Å². The molecule has 104 valence electrons. The van der Waals surface area contributed by atoms with E-state index in [1.54, 1.807) is 0 Å². The smallest absolute Gasteiger partial charge is 0.321 e. The van der Waals surface area contributed by atoms with E-state index < -0.39 is 0 Å². The molecule has 1 aromatic carbocycles. The van der Waals surface area contributed by atoms with Gasteiger partial charge >= 0.3 is 6.03 Å². The van der Waals surface area contributed by atoms with Crippen molar-refractivity contribution in [3.8, 4) is 0 Å². The van der Waals surface area contributed by atoms with Gasteiger partial charge in [-0.25, -0.2) is 4.79 Å². The molecule has 0 radical (unpaired) electrons. The van der Waals surface area contributed by atoms with Crippen LogP contribution in [0.4, 0.5) is 10.5 Å². The summed E-state index contributed by atoms with van der Waals surface area (Å²) in [4.78, 5) is 16.4. The van der Waals surface area contributed by atoms with Crippen LogP contribution in [0.25, 0.3) is 0 Å². The van der Waals surface area contributed by atoms with Crippen LogP contribution in [-0.2, 0) is 0 Å². The highest BCUT2D eigenvalue weighted by Gasteiger charge is 2.22. The van der Waals surface area contributed by atoms with Crippen molar-refractivity contribution in [3.05, 3.63) is 29.8 Å². The number of hydrogen-bond donors (Lipinski definition) is 1. The van der Waals surface area contributed by atoms with E-state index in [9.17, 15) is 4.79 Å². The van der Waals surface area contributed by atoms with E-state index >= 15 is 0 Å². The van der Waals surface area contributed by atoms with Gasteiger partial charge in [-0.3, -0.25) is 4.90 Å². The molecule has 0 bridgehead atoms. The van der Waals surface area contributed by atoms with Gasteiger partial charge in [0.1, 0.15) is 0 Å². The zero-order chi connectivity index (χ0) is 13.8. The molecule has 0 spiro atoms. The van der Waals surface area contributed by atoms with Crippen molar-refractivity contribution in [2.24, 2.45) is 0 Å². The number of anilines is 1. The molecule has 19 heavy (non-hydrogen) atoms. The summed E-state index contributed by atoms with van der Waals surface area (Å²) >= 11 is 0. The minimum absolute atomic E-state index is 0.00672. The third kappa shape index (κ3) is 3.70. The number of carbonyl (C=O) groups is 1. The van der Waals surface area contributed by atoms with Gasteiger partial charge in [0.05, 0.1) is 0 Å². The van der Waals surface area contributed by atoms with Crippen LogP contribution in [0, 0.1) is 6.92 Å². The Labute approximate surface area is 115 Å². The van der Waals surface area contributed by atoms with Gasteiger partial charge in [-0.05, 0) is 32.9 Å². The van der Waals surface area contributed by atoms with E-state index in [0.29, 0.717) is 6.04 Å². The van der Waals surface area contributed by atoms with E-state index in [4.69, 9.17) is 0 Å². The Kier molecular flexibility index (Phi) is 4.43. The number of urea groups is 1. The Balaban J connectivity index is 1.86. The molecule has 1 N–H and O–H groups in total. The summed E-state index contributed by atoms with van der Waals surface area (Å²) in [7, 11) is 0. The molecule has 4 heteroatoms. The maximum Gasteiger partial charge on any atom is 0.321 e. The minimum atomic E-state index is 0.00672. The van der Waals surface area contributed by atoms with E-state index in [1.165, 1.54) is 5.56 Å². The molecular weight excluding hydrogens is 238 g/mol. The lowest BCUT2D eigenvalue weighted by Gasteiger charge is -2.36. The Hall–Kier alpha value is -1.55. The SMILES string of the molecule is Cc1ccc(NC(=O)N2CCN(C(C)C)CC2)cc1. The second-order valence-corrected chi connectivity index (χ2v) is 5.41. The van der Waals surface area contributed by atoms with Crippen LogP contribution in [-0.4, -0.2) is 48.1 Å². The predicted molar refractivity (Wildman–Crippen MR) is 78.5 cm³/mol. The van der Waals surface area contributed by atoms with Crippen LogP contribution >= 0.6 is 0 Å². The Morgan fingerprint density at radius 1 is 1.11 bits per heavy atom. The Morgan fingerprint density at radius 3 is 2.21 bits per heavy atom. The van der Waals surface area contributed by atoms with Crippen LogP contribution < -0.4 is 5.32 Å². The normalized spacial score (nSPS) is 16.7. The first-order valence-corrected chi connectivity index (χ1v) is 6.93. The van der Waals surface area contributed by atoms with Crippen LogP contribution in [0.5, 0.6) is 0 Å². The lowest BCUT2D eigenvalue weighted by molar-refractivity contribution is 0.125. The fourth-order valence-corrected chi connectivity index (χ4v) is 2.28. The van der Waals surface area contributed by atoms with Gasteiger partial charge in [0.25, 0.3) is 0 Å². The topological polar surface area (TPSA) is 35.6 Å². The van der Waals surface area contributed by atoms with Gasteiger partial charge in [0.15, 0.2) is 0 Å². The average Bonchev–Trinajstić information content (AvgIpc) is 2.41. The molecule has 1 aromatic rings. The summed E-state index contributed by atoms with van der Waals surface area (Å²) in [5.74, 6) is 0. The van der Waals surface area contributed by atoms with Crippen LogP contribution in [0.1, 0.15) is 19.4 Å². The molecule has 1 aliphatic heterocycles. The maximum absolute atomic E-state index is 12.1. The molecule has 0 saturated carbocycles. The molecule has 0 aliphatic carbocycles. The van der Waals surface area contributed by atoms with Crippen LogP contribution in [0.3, 0.4) is 0 Å². The molecule has 1 saturated heterocycles. The number of nitrogens with zero attached hydrogens (tertiary/aromatic N) is 2. The highest BCUT2D eigenvalue weighted by Crippen LogP contribution is 2.11. The second-order valence-electron chi connectivity index (χ2n) is 5.41. The third-order valence-electron chi connectivity index (χ3n) is 3.63. The van der Waals surface area contributed by atoms with Crippen molar-refractivity contribution in [1.29, 1.82) is 0 Å². The van der Waals surface area contributed by atoms with Crippen LogP contribution in [0.2, 0.25) is 0 Å². The van der Waals surface area contributed by atoms with Gasteiger partial charge in [-0.15, -0.1) is 0 Å². The molecule has 4 nitrogen and oxygen atoms in total. The van der Waals surface area contributed by atoms with Crippen molar-refractivity contribution in [2.45, 2.75) is 26.8 Å². The number of hydrogen-bond acceptors (Lipinski definition) is 2. The van der Waals surface area contributed by atoms with Crippen molar-refractivity contribution >= 4 is 11.7 Å². The number of carbonyl (C=O) groups excluding carboxylic acids is 1. The number of rotatable bonds is 2. The molecule has 0 atom stereocenters. The fourth-order valence-electron chi connectivity index (χ4n) is 2.28. The van der Waals surface area contributed by atoms with Crippen molar-refractivity contribution in [2.75, 3.05) is 31.5 Å². The van der Waals surface area contributed by atoms with Gasteiger partial charge in [0.2, 0.25) is 0 Å². The lowest BCUT2D eigenvalue weighted by Crippen LogP contribution is -2.51. The standard InChI is InChI=1S/C15H23N3O/c1-12(2)17-8-10-18(11-9-17)15(19)16-14-6-4-13(3)5-7-14/h4-7,12H,8-11H2,1-3H3,(H,16,19). The number of benzene rings is 1. The number of piperazine rings is 1. The average molecular weight is 261 g/mol. The zero-order valence-electron chi connectivity index (χ0n) is 12.0. The fraction of sp³-hybridized carbons (Fsp3) is 0.533. The highest BCUT2D eigenvalue weighted by molar-refractivity contribution is 5.89. The first-order valence-electron chi connectivity index (χ1n) is 6.93. The first-order chi connectivity index (χ1) is 9.06. The monoisotopic (exact) mass is 261 g/mol. The molecule has 1 heterocycles. The zero-order valence-corrected chi connectivity index (χ0v) is 12.0. The van der Waals surface area contributed by atoms with Crippen molar-refractivity contribution in [3.63, 3.8) is 0 Å². The molecule has 2 rings (SSSR count). The Bertz CT molecular complexity index is 420. The quantitative estimate of drug-likeness (QED) is 0.888. The van der Waals surface area contributed by atoms with E-state index in [1.807, 2.05) is 36.1 Å². The maximum atomic E-state index is 12.1.